The van der Waals surface area contributed by atoms with E-state index >= 15 is 0 Å². The Morgan fingerprint density at radius 1 is 1.50 bits per heavy atom. The minimum Gasteiger partial charge on any atom is -0.444 e. The largest absolute Gasteiger partial charge is 0.444 e. The lowest BCUT2D eigenvalue weighted by atomic mass is 10.2. The second kappa shape index (κ2) is 5.30. The van der Waals surface area contributed by atoms with Gasteiger partial charge in [0.15, 0.2) is 0 Å². The molecule has 92 valence electrons. The Morgan fingerprint density at radius 2 is 2.19 bits per heavy atom. The molecule has 0 spiro atoms. The fourth-order valence-corrected chi connectivity index (χ4v) is 1.53. The van der Waals surface area contributed by atoms with Gasteiger partial charge in [0.2, 0.25) is 0 Å². The number of carbonyl (C=O) groups is 2. The number of hydrogen-bond donors (Lipinski definition) is 0. The third-order valence-corrected chi connectivity index (χ3v) is 2.20. The van der Waals surface area contributed by atoms with Gasteiger partial charge in [-0.3, -0.25) is 0 Å². The minimum atomic E-state index is -0.473. The average Bonchev–Trinajstić information content (AvgIpc) is 2.60. The molecular formula is C11H19NO4. The fraction of sp³-hybridized carbons (Fsp3) is 0.818. The quantitative estimate of drug-likeness (QED) is 0.683. The van der Waals surface area contributed by atoms with Crippen LogP contribution >= 0.6 is 0 Å². The molecule has 1 unspecified atom stereocenters. The summed E-state index contributed by atoms with van der Waals surface area (Å²) in [7, 11) is 0. The molecule has 0 radical (unpaired) electrons. The summed E-state index contributed by atoms with van der Waals surface area (Å²) in [6.45, 7) is 6.72. The number of aldehydes is 1. The second-order valence-electron chi connectivity index (χ2n) is 4.84. The maximum absolute atomic E-state index is 11.7. The molecule has 0 N–H and O–H groups in total. The van der Waals surface area contributed by atoms with Crippen molar-refractivity contribution in [2.75, 3.05) is 19.7 Å². The summed E-state index contributed by atoms with van der Waals surface area (Å²) in [6, 6.07) is 0. The highest BCUT2D eigenvalue weighted by atomic mass is 16.6. The number of nitrogens with zero attached hydrogens (tertiary/aromatic N) is 1. The van der Waals surface area contributed by atoms with E-state index in [9.17, 15) is 9.59 Å². The van der Waals surface area contributed by atoms with Gasteiger partial charge >= 0.3 is 6.09 Å². The third-order valence-electron chi connectivity index (χ3n) is 2.20. The summed E-state index contributed by atoms with van der Waals surface area (Å²) in [4.78, 5) is 23.4. The van der Waals surface area contributed by atoms with Crippen LogP contribution in [0.25, 0.3) is 0 Å². The van der Waals surface area contributed by atoms with Crippen LogP contribution in [0.1, 0.15) is 27.2 Å². The Balaban J connectivity index is 2.35. The van der Waals surface area contributed by atoms with Crippen molar-refractivity contribution < 1.29 is 19.1 Å². The van der Waals surface area contributed by atoms with Gasteiger partial charge in [-0.2, -0.15) is 0 Å². The monoisotopic (exact) mass is 229 g/mol. The van der Waals surface area contributed by atoms with Gasteiger partial charge in [0.25, 0.3) is 0 Å². The molecule has 1 fully saturated rings. The molecule has 1 aliphatic rings. The molecule has 16 heavy (non-hydrogen) atoms. The summed E-state index contributed by atoms with van der Waals surface area (Å²) in [5.41, 5.74) is -0.473. The topological polar surface area (TPSA) is 55.8 Å². The fourth-order valence-electron chi connectivity index (χ4n) is 1.53. The van der Waals surface area contributed by atoms with Crippen LogP contribution in [0.3, 0.4) is 0 Å². The van der Waals surface area contributed by atoms with Crippen LogP contribution in [0.4, 0.5) is 4.79 Å². The van der Waals surface area contributed by atoms with Crippen molar-refractivity contribution in [2.24, 2.45) is 0 Å². The number of rotatable bonds is 3. The van der Waals surface area contributed by atoms with E-state index in [1.807, 2.05) is 20.8 Å². The molecule has 5 heteroatoms. The van der Waals surface area contributed by atoms with E-state index in [4.69, 9.17) is 9.47 Å². The minimum absolute atomic E-state index is 0.0438. The van der Waals surface area contributed by atoms with Crippen LogP contribution in [-0.4, -0.2) is 48.7 Å². The normalized spacial score (nSPS) is 20.9. The lowest BCUT2D eigenvalue weighted by Gasteiger charge is -2.24. The van der Waals surface area contributed by atoms with Gasteiger partial charge in [0, 0.05) is 6.54 Å². The Kier molecular flexibility index (Phi) is 4.29. The summed E-state index contributed by atoms with van der Waals surface area (Å²) < 4.78 is 10.5. The van der Waals surface area contributed by atoms with E-state index < -0.39 is 5.60 Å². The molecule has 0 saturated carbocycles. The molecule has 0 aromatic heterocycles. The number of ether oxygens (including phenoxy) is 2. The molecule has 1 aliphatic heterocycles. The molecular weight excluding hydrogens is 210 g/mol. The molecule has 0 bridgehead atoms. The third kappa shape index (κ3) is 4.18. The SMILES string of the molecule is CC(C)(C)OC(=O)N1CCC(OCC=O)C1. The van der Waals surface area contributed by atoms with Gasteiger partial charge in [-0.05, 0) is 27.2 Å². The molecule has 1 heterocycles. The maximum atomic E-state index is 11.7. The van der Waals surface area contributed by atoms with Crippen LogP contribution < -0.4 is 0 Å². The predicted molar refractivity (Wildman–Crippen MR) is 58.2 cm³/mol. The van der Waals surface area contributed by atoms with Crippen molar-refractivity contribution >= 4 is 12.4 Å². The van der Waals surface area contributed by atoms with Gasteiger partial charge in [-0.1, -0.05) is 0 Å². The first kappa shape index (κ1) is 13.0. The Labute approximate surface area is 95.7 Å². The van der Waals surface area contributed by atoms with Crippen molar-refractivity contribution in [3.63, 3.8) is 0 Å². The molecule has 1 atom stereocenters. The van der Waals surface area contributed by atoms with Gasteiger partial charge in [0.05, 0.1) is 12.6 Å². The Morgan fingerprint density at radius 3 is 2.75 bits per heavy atom. The highest BCUT2D eigenvalue weighted by molar-refractivity contribution is 5.68. The summed E-state index contributed by atoms with van der Waals surface area (Å²) in [6.07, 6.45) is 1.12. The summed E-state index contributed by atoms with van der Waals surface area (Å²) >= 11 is 0. The Hall–Kier alpha value is -1.10. The Bertz CT molecular complexity index is 259. The maximum Gasteiger partial charge on any atom is 0.410 e. The zero-order valence-electron chi connectivity index (χ0n) is 10.1. The second-order valence-corrected chi connectivity index (χ2v) is 4.84. The summed E-state index contributed by atoms with van der Waals surface area (Å²) in [5.74, 6) is 0. The zero-order valence-corrected chi connectivity index (χ0v) is 10.1. The number of hydrogen-bond acceptors (Lipinski definition) is 4. The van der Waals surface area contributed by atoms with Crippen LogP contribution in [0, 0.1) is 0 Å². The van der Waals surface area contributed by atoms with E-state index in [0.717, 1.165) is 12.7 Å². The molecule has 5 nitrogen and oxygen atoms in total. The van der Waals surface area contributed by atoms with Crippen molar-refractivity contribution in [2.45, 2.75) is 38.9 Å². The van der Waals surface area contributed by atoms with Crippen LogP contribution in [-0.2, 0) is 14.3 Å². The first-order valence-corrected chi connectivity index (χ1v) is 5.45. The van der Waals surface area contributed by atoms with Gasteiger partial charge in [0.1, 0.15) is 18.5 Å². The van der Waals surface area contributed by atoms with Crippen molar-refractivity contribution in [3.05, 3.63) is 0 Å². The van der Waals surface area contributed by atoms with Crippen LogP contribution in [0.5, 0.6) is 0 Å². The standard InChI is InChI=1S/C11H19NO4/c1-11(2,3)16-10(14)12-5-4-9(8-12)15-7-6-13/h6,9H,4-5,7-8H2,1-3H3. The van der Waals surface area contributed by atoms with Gasteiger partial charge < -0.3 is 19.2 Å². The first-order chi connectivity index (χ1) is 7.42. The number of amides is 1. The molecule has 0 aromatic carbocycles. The number of likely N-dealkylation sites (tertiary alicyclic amines) is 1. The van der Waals surface area contributed by atoms with Crippen LogP contribution in [0.2, 0.25) is 0 Å². The van der Waals surface area contributed by atoms with E-state index in [1.54, 1.807) is 4.90 Å². The molecule has 1 amide bonds. The smallest absolute Gasteiger partial charge is 0.410 e. The van der Waals surface area contributed by atoms with E-state index in [0.29, 0.717) is 13.1 Å². The molecule has 1 rings (SSSR count). The van der Waals surface area contributed by atoms with Crippen molar-refractivity contribution in [3.8, 4) is 0 Å². The average molecular weight is 229 g/mol. The highest BCUT2D eigenvalue weighted by Gasteiger charge is 2.29. The highest BCUT2D eigenvalue weighted by Crippen LogP contribution is 2.16. The predicted octanol–water partition coefficient (Wildman–Crippen LogP) is 1.21. The first-order valence-electron chi connectivity index (χ1n) is 5.45. The van der Waals surface area contributed by atoms with Gasteiger partial charge in [-0.15, -0.1) is 0 Å². The number of carbonyl (C=O) groups excluding carboxylic acids is 2. The van der Waals surface area contributed by atoms with Gasteiger partial charge in [-0.25, -0.2) is 4.79 Å². The van der Waals surface area contributed by atoms with Crippen molar-refractivity contribution in [1.29, 1.82) is 0 Å². The molecule has 0 aromatic rings. The van der Waals surface area contributed by atoms with Crippen LogP contribution in [0.15, 0.2) is 0 Å². The van der Waals surface area contributed by atoms with E-state index in [-0.39, 0.29) is 18.8 Å². The lowest BCUT2D eigenvalue weighted by molar-refractivity contribution is -0.113. The zero-order chi connectivity index (χ0) is 12.2. The molecule has 1 saturated heterocycles. The lowest BCUT2D eigenvalue weighted by Crippen LogP contribution is -2.36. The summed E-state index contributed by atoms with van der Waals surface area (Å²) in [5, 5.41) is 0. The van der Waals surface area contributed by atoms with E-state index in [1.165, 1.54) is 0 Å². The van der Waals surface area contributed by atoms with Crippen molar-refractivity contribution in [1.82, 2.24) is 4.90 Å². The van der Waals surface area contributed by atoms with E-state index in [2.05, 4.69) is 0 Å². The molecule has 0 aliphatic carbocycles.